The highest BCUT2D eigenvalue weighted by Gasteiger charge is 2.30. The molecule has 0 rings (SSSR count). The van der Waals surface area contributed by atoms with E-state index in [4.69, 9.17) is 13.8 Å². The Morgan fingerprint density at radius 2 is 0.831 bits per heavy atom. The third-order valence-electron chi connectivity index (χ3n) is 14.1. The summed E-state index contributed by atoms with van der Waals surface area (Å²) in [6.45, 7) is 6.87. The molecule has 0 saturated carbocycles. The Morgan fingerprint density at radius 1 is 0.468 bits per heavy atom. The topological polar surface area (TPSA) is 111 Å². The van der Waals surface area contributed by atoms with E-state index in [1.165, 1.54) is 161 Å². The van der Waals surface area contributed by atoms with Gasteiger partial charge < -0.3 is 19.4 Å². The molecular formula is C67H124N2O7P+. The van der Waals surface area contributed by atoms with Gasteiger partial charge in [-0.15, -0.1) is 0 Å². The summed E-state index contributed by atoms with van der Waals surface area (Å²) in [5.41, 5.74) is 0. The zero-order valence-electron chi connectivity index (χ0n) is 51.2. The van der Waals surface area contributed by atoms with Crippen molar-refractivity contribution in [3.63, 3.8) is 0 Å². The number of hydrogen-bond acceptors (Lipinski definition) is 6. The second-order valence-corrected chi connectivity index (χ2v) is 24.4. The van der Waals surface area contributed by atoms with Crippen LogP contribution in [0.4, 0.5) is 0 Å². The average Bonchev–Trinajstić information content (AvgIpc) is 3.39. The van der Waals surface area contributed by atoms with Gasteiger partial charge >= 0.3 is 13.8 Å². The van der Waals surface area contributed by atoms with Gasteiger partial charge in [-0.1, -0.05) is 255 Å². The number of esters is 1. The van der Waals surface area contributed by atoms with E-state index < -0.39 is 20.0 Å². The lowest BCUT2D eigenvalue weighted by Crippen LogP contribution is -2.47. The van der Waals surface area contributed by atoms with Gasteiger partial charge in [0.15, 0.2) is 0 Å². The van der Waals surface area contributed by atoms with Gasteiger partial charge in [0, 0.05) is 12.8 Å². The first-order chi connectivity index (χ1) is 37.4. The maximum absolute atomic E-state index is 13.6. The molecule has 1 amide bonds. The lowest BCUT2D eigenvalue weighted by Gasteiger charge is -2.27. The molecule has 0 aromatic heterocycles. The van der Waals surface area contributed by atoms with Crippen LogP contribution in [0.25, 0.3) is 0 Å². The van der Waals surface area contributed by atoms with Crippen LogP contribution in [0.2, 0.25) is 0 Å². The first-order valence-corrected chi connectivity index (χ1v) is 33.8. The molecule has 0 aliphatic heterocycles. The predicted octanol–water partition coefficient (Wildman–Crippen LogP) is 20.0. The van der Waals surface area contributed by atoms with Crippen molar-refractivity contribution in [3.8, 4) is 0 Å². The molecule has 0 radical (unpaired) electrons. The Labute approximate surface area is 476 Å². The number of unbranched alkanes of at least 4 members (excludes halogenated alkanes) is 32. The van der Waals surface area contributed by atoms with Crippen molar-refractivity contribution in [3.05, 3.63) is 72.9 Å². The molecule has 3 unspecified atom stereocenters. The van der Waals surface area contributed by atoms with Crippen LogP contribution in [0.3, 0.4) is 0 Å². The number of hydrogen-bond donors (Lipinski definition) is 2. The Bertz CT molecular complexity index is 1550. The lowest BCUT2D eigenvalue weighted by atomic mass is 10.0. The molecule has 0 heterocycles. The van der Waals surface area contributed by atoms with Crippen molar-refractivity contribution in [1.29, 1.82) is 0 Å². The van der Waals surface area contributed by atoms with Crippen molar-refractivity contribution in [2.75, 3.05) is 40.9 Å². The number of allylic oxidation sites excluding steroid dienone is 11. The van der Waals surface area contributed by atoms with Gasteiger partial charge in [-0.2, -0.15) is 0 Å². The van der Waals surface area contributed by atoms with Crippen LogP contribution in [0.15, 0.2) is 72.9 Å². The zero-order chi connectivity index (χ0) is 56.4. The largest absolute Gasteiger partial charge is 0.472 e. The highest BCUT2D eigenvalue weighted by atomic mass is 31.2. The average molecular weight is 1100 g/mol. The fourth-order valence-corrected chi connectivity index (χ4v) is 9.90. The standard InChI is InChI=1S/C67H123N2O7P/c1-7-10-13-16-19-22-25-28-30-31-32-33-34-35-36-37-38-39-40-41-44-47-50-53-56-59-66(70)68-64(63-75-77(72,73)74-62-61-69(4,5)6)65(58-55-52-49-46-43-27-24-21-18-15-12-9-3)76-67(71)60-57-54-51-48-45-42-29-26-23-20-17-14-11-8-2/h11,14,19-20,22-23,28-30,42,55,58,64-65H,7-10,12-13,15-18,21,24-27,31-41,43-54,56-57,59-63H2,1-6H3,(H-,68,70,72,73)/p+1/b14-11+,22-19-,23-20+,30-28-,42-29+,58-55-. The van der Waals surface area contributed by atoms with Crippen LogP contribution < -0.4 is 5.32 Å². The summed E-state index contributed by atoms with van der Waals surface area (Å²) in [4.78, 5) is 37.7. The van der Waals surface area contributed by atoms with Gasteiger partial charge in [-0.3, -0.25) is 18.6 Å². The molecule has 0 aliphatic rings. The Hall–Kier alpha value is -2.55. The fourth-order valence-electron chi connectivity index (χ4n) is 9.16. The second-order valence-electron chi connectivity index (χ2n) is 22.9. The molecule has 0 aromatic rings. The maximum atomic E-state index is 13.6. The molecule has 0 bridgehead atoms. The Morgan fingerprint density at radius 3 is 1.27 bits per heavy atom. The van der Waals surface area contributed by atoms with Crippen LogP contribution >= 0.6 is 7.82 Å². The highest BCUT2D eigenvalue weighted by molar-refractivity contribution is 7.47. The number of carbonyl (C=O) groups is 2. The summed E-state index contributed by atoms with van der Waals surface area (Å²) in [5, 5.41) is 3.06. The van der Waals surface area contributed by atoms with Crippen LogP contribution in [0.1, 0.15) is 290 Å². The molecule has 0 aromatic carbocycles. The minimum absolute atomic E-state index is 0.0350. The molecule has 0 spiro atoms. The molecule has 77 heavy (non-hydrogen) atoms. The number of nitrogens with zero attached hydrogens (tertiary/aromatic N) is 1. The number of rotatable bonds is 58. The Balaban J connectivity index is 5.10. The van der Waals surface area contributed by atoms with Crippen molar-refractivity contribution in [2.24, 2.45) is 0 Å². The SMILES string of the molecule is CC/C=C/C/C=C/C/C=C/CCCCCCC(=O)OC(/C=C\CCCCCCCCCCCC)C(COP(=O)(O)OCC[N+](C)(C)C)NC(=O)CCCCCCCCCCCCCCCCC/C=C\C/C=C\CCCCC. The number of quaternary nitrogens is 1. The van der Waals surface area contributed by atoms with Gasteiger partial charge in [-0.05, 0) is 96.0 Å². The third kappa shape index (κ3) is 57.9. The molecule has 448 valence electrons. The van der Waals surface area contributed by atoms with Crippen molar-refractivity contribution in [1.82, 2.24) is 5.32 Å². The minimum Gasteiger partial charge on any atom is -0.456 e. The van der Waals surface area contributed by atoms with E-state index >= 15 is 0 Å². The van der Waals surface area contributed by atoms with Crippen LogP contribution in [0.5, 0.6) is 0 Å². The van der Waals surface area contributed by atoms with Crippen molar-refractivity contribution in [2.45, 2.75) is 303 Å². The fraction of sp³-hybridized carbons (Fsp3) is 0.791. The first kappa shape index (κ1) is 74.5. The number of phosphoric acid groups is 1. The maximum Gasteiger partial charge on any atom is 0.472 e. The van der Waals surface area contributed by atoms with Crippen molar-refractivity contribution < 1.29 is 37.3 Å². The first-order valence-electron chi connectivity index (χ1n) is 32.3. The molecule has 9 nitrogen and oxygen atoms in total. The Kier molecular flexibility index (Phi) is 54.8. The molecule has 0 saturated heterocycles. The second kappa shape index (κ2) is 56.7. The lowest BCUT2D eigenvalue weighted by molar-refractivity contribution is -0.870. The molecular weight excluding hydrogens is 976 g/mol. The zero-order valence-corrected chi connectivity index (χ0v) is 52.1. The molecule has 3 atom stereocenters. The van der Waals surface area contributed by atoms with Gasteiger partial charge in [0.05, 0.1) is 33.8 Å². The summed E-state index contributed by atoms with van der Waals surface area (Å²) < 4.78 is 30.7. The monoisotopic (exact) mass is 1100 g/mol. The summed E-state index contributed by atoms with van der Waals surface area (Å²) in [5.74, 6) is -0.526. The number of carbonyl (C=O) groups excluding carboxylic acids is 2. The smallest absolute Gasteiger partial charge is 0.456 e. The molecule has 10 heteroatoms. The number of phosphoric ester groups is 1. The number of amides is 1. The van der Waals surface area contributed by atoms with E-state index in [2.05, 4.69) is 86.8 Å². The summed E-state index contributed by atoms with van der Waals surface area (Å²) in [6.07, 6.45) is 73.4. The van der Waals surface area contributed by atoms with E-state index in [0.29, 0.717) is 23.9 Å². The summed E-state index contributed by atoms with van der Waals surface area (Å²) >= 11 is 0. The van der Waals surface area contributed by atoms with E-state index in [0.717, 1.165) is 89.9 Å². The summed E-state index contributed by atoms with van der Waals surface area (Å²) in [6, 6.07) is -0.859. The third-order valence-corrected chi connectivity index (χ3v) is 15.1. The molecule has 2 N–H and O–H groups in total. The van der Waals surface area contributed by atoms with Gasteiger partial charge in [-0.25, -0.2) is 4.57 Å². The van der Waals surface area contributed by atoms with Crippen LogP contribution in [0, 0.1) is 0 Å². The predicted molar refractivity (Wildman–Crippen MR) is 332 cm³/mol. The van der Waals surface area contributed by atoms with E-state index in [-0.39, 0.29) is 31.5 Å². The van der Waals surface area contributed by atoms with E-state index in [1.807, 2.05) is 33.3 Å². The highest BCUT2D eigenvalue weighted by Crippen LogP contribution is 2.43. The summed E-state index contributed by atoms with van der Waals surface area (Å²) in [7, 11) is 1.48. The van der Waals surface area contributed by atoms with Crippen LogP contribution in [-0.4, -0.2) is 74.3 Å². The number of nitrogens with one attached hydrogen (secondary N) is 1. The van der Waals surface area contributed by atoms with E-state index in [1.54, 1.807) is 0 Å². The normalized spacial score (nSPS) is 14.1. The quantitative estimate of drug-likeness (QED) is 0.0205. The van der Waals surface area contributed by atoms with E-state index in [9.17, 15) is 19.0 Å². The van der Waals surface area contributed by atoms with Crippen molar-refractivity contribution >= 4 is 19.7 Å². The molecule has 0 fully saturated rings. The van der Waals surface area contributed by atoms with Gasteiger partial charge in [0.2, 0.25) is 5.91 Å². The number of ether oxygens (including phenoxy) is 1. The van der Waals surface area contributed by atoms with Gasteiger partial charge in [0.1, 0.15) is 19.3 Å². The minimum atomic E-state index is -4.45. The number of likely N-dealkylation sites (N-methyl/N-ethyl adjacent to an activating group) is 1. The van der Waals surface area contributed by atoms with Crippen LogP contribution in [-0.2, 0) is 27.9 Å². The van der Waals surface area contributed by atoms with Gasteiger partial charge in [0.25, 0.3) is 0 Å². The molecule has 0 aliphatic carbocycles.